The van der Waals surface area contributed by atoms with Crippen molar-refractivity contribution in [3.05, 3.63) is 57.0 Å². The number of aliphatic hydroxyl groups is 2. The van der Waals surface area contributed by atoms with Crippen LogP contribution in [0.3, 0.4) is 0 Å². The second-order valence-electron chi connectivity index (χ2n) is 16.0. The maximum atomic E-state index is 11.8. The van der Waals surface area contributed by atoms with E-state index >= 15 is 0 Å². The molecule has 6 nitrogen and oxygen atoms in total. The molecule has 0 radical (unpaired) electrons. The van der Waals surface area contributed by atoms with E-state index in [9.17, 15) is 20.4 Å². The third-order valence-corrected chi connectivity index (χ3v) is 11.5. The lowest BCUT2D eigenvalue weighted by Crippen LogP contribution is -2.45. The third kappa shape index (κ3) is 3.44. The maximum Gasteiger partial charge on any atom is 0.139 e. The summed E-state index contributed by atoms with van der Waals surface area (Å²) < 4.78 is 0. The van der Waals surface area contributed by atoms with Crippen LogP contribution >= 0.6 is 0 Å². The van der Waals surface area contributed by atoms with Gasteiger partial charge < -0.3 is 30.2 Å². The van der Waals surface area contributed by atoms with E-state index in [1.165, 1.54) is 0 Å². The van der Waals surface area contributed by atoms with E-state index in [-0.39, 0.29) is 55.8 Å². The molecule has 6 heteroatoms. The minimum atomic E-state index is -0.251. The van der Waals surface area contributed by atoms with Crippen LogP contribution in [0.2, 0.25) is 0 Å². The van der Waals surface area contributed by atoms with E-state index in [1.54, 1.807) is 0 Å². The van der Waals surface area contributed by atoms with E-state index in [1.807, 2.05) is 12.1 Å². The molecule has 0 aromatic heterocycles. The highest BCUT2D eigenvalue weighted by Crippen LogP contribution is 2.59. The highest BCUT2D eigenvalue weighted by atomic mass is 16.3. The summed E-state index contributed by atoms with van der Waals surface area (Å²) in [5, 5.41) is 47.1. The molecule has 42 heavy (non-hydrogen) atoms. The van der Waals surface area contributed by atoms with Crippen LogP contribution in [0.15, 0.2) is 23.7 Å². The Morgan fingerprint density at radius 3 is 1.14 bits per heavy atom. The highest BCUT2D eigenvalue weighted by molar-refractivity contribution is 6.09. The number of hydrogen-bond acceptors (Lipinski definition) is 6. The molecule has 4 aliphatic heterocycles. The molecule has 0 spiro atoms. The Morgan fingerprint density at radius 1 is 0.500 bits per heavy atom. The van der Waals surface area contributed by atoms with Crippen LogP contribution in [-0.4, -0.2) is 46.6 Å². The van der Waals surface area contributed by atoms with Crippen molar-refractivity contribution in [2.45, 2.75) is 103 Å². The summed E-state index contributed by atoms with van der Waals surface area (Å²) in [5.74, 6) is 0.123. The van der Waals surface area contributed by atoms with Crippen LogP contribution in [0.5, 0.6) is 11.5 Å². The molecule has 0 fully saturated rings. The van der Waals surface area contributed by atoms with Crippen molar-refractivity contribution in [3.63, 3.8) is 0 Å². The predicted octanol–water partition coefficient (Wildman–Crippen LogP) is 7.69. The number of aromatic hydroxyl groups is 2. The number of allylic oxidation sites excluding steroid dienone is 2. The average Bonchev–Trinajstić information content (AvgIpc) is 2.88. The molecule has 2 aromatic carbocycles. The summed E-state index contributed by atoms with van der Waals surface area (Å²) in [6.45, 7) is 21.5. The van der Waals surface area contributed by atoms with Crippen molar-refractivity contribution in [2.24, 2.45) is 0 Å². The fourth-order valence-corrected chi connectivity index (χ4v) is 8.45. The number of rotatable bonds is 2. The number of hydrogen-bond donors (Lipinski definition) is 4. The lowest BCUT2D eigenvalue weighted by molar-refractivity contribution is 0.369. The summed E-state index contributed by atoms with van der Waals surface area (Å²) >= 11 is 0. The first-order valence-corrected chi connectivity index (χ1v) is 15.7. The molecule has 0 amide bonds. The minimum Gasteiger partial charge on any atom is -0.507 e. The van der Waals surface area contributed by atoms with Crippen LogP contribution in [0.25, 0.3) is 11.1 Å². The van der Waals surface area contributed by atoms with Crippen molar-refractivity contribution in [2.75, 3.05) is 36.0 Å². The van der Waals surface area contributed by atoms with E-state index in [4.69, 9.17) is 0 Å². The number of benzene rings is 2. The van der Waals surface area contributed by atoms with Gasteiger partial charge >= 0.3 is 0 Å². The summed E-state index contributed by atoms with van der Waals surface area (Å²) in [7, 11) is 0. The Kier molecular flexibility index (Phi) is 5.38. The summed E-state index contributed by atoms with van der Waals surface area (Å²) in [4.78, 5) is 4.79. The van der Waals surface area contributed by atoms with Crippen LogP contribution in [0.1, 0.15) is 114 Å². The Balaban J connectivity index is 1.43. The van der Waals surface area contributed by atoms with Gasteiger partial charge in [-0.15, -0.1) is 0 Å². The number of anilines is 2. The lowest BCUT2D eigenvalue weighted by Gasteiger charge is -2.49. The number of aliphatic hydroxyl groups excluding tert-OH is 2. The minimum absolute atomic E-state index is 0.0735. The van der Waals surface area contributed by atoms with E-state index in [2.05, 4.69) is 65.2 Å². The molecule has 224 valence electrons. The summed E-state index contributed by atoms with van der Waals surface area (Å²) in [6, 6.07) is 3.97. The monoisotopic (exact) mass is 570 g/mol. The molecule has 4 heterocycles. The Bertz CT molecular complexity index is 1500. The van der Waals surface area contributed by atoms with Crippen molar-refractivity contribution in [1.29, 1.82) is 0 Å². The standard InChI is InChI=1S/C36H46N2O4/c1-33(2)9-13-37-15-11-35(5,6)25-27(37)21(33)17-19(29(25)39)23-31(41)24(32(23)42)20-18-22-28-26(30(20)40)36(7,8)12-16-38(28)14-10-34(22,3)4/h17-18,39-42H,9-16H2,1-8H3. The predicted molar refractivity (Wildman–Crippen MR) is 170 cm³/mol. The number of phenols is 2. The number of phenolic OH excluding ortho intramolecular Hbond substituents is 2. The maximum absolute atomic E-state index is 11.8. The van der Waals surface area contributed by atoms with Gasteiger partial charge in [-0.1, -0.05) is 55.4 Å². The first-order valence-electron chi connectivity index (χ1n) is 15.7. The van der Waals surface area contributed by atoms with Crippen LogP contribution in [-0.2, 0) is 21.7 Å². The molecule has 1 aliphatic carbocycles. The van der Waals surface area contributed by atoms with Crippen LogP contribution in [0.4, 0.5) is 11.4 Å². The summed E-state index contributed by atoms with van der Waals surface area (Å²) in [6.07, 6.45) is 3.83. The first-order chi connectivity index (χ1) is 19.5. The van der Waals surface area contributed by atoms with Gasteiger partial charge in [-0.05, 0) is 70.6 Å². The molecular formula is C36H46N2O4. The lowest BCUT2D eigenvalue weighted by atomic mass is 9.66. The van der Waals surface area contributed by atoms with Crippen molar-refractivity contribution >= 4 is 22.5 Å². The van der Waals surface area contributed by atoms with Crippen molar-refractivity contribution < 1.29 is 20.4 Å². The van der Waals surface area contributed by atoms with E-state index in [0.717, 1.165) is 85.5 Å². The van der Waals surface area contributed by atoms with E-state index < -0.39 is 0 Å². The molecule has 0 bridgehead atoms. The Morgan fingerprint density at radius 2 is 0.810 bits per heavy atom. The average molecular weight is 571 g/mol. The van der Waals surface area contributed by atoms with Gasteiger partial charge in [0.15, 0.2) is 0 Å². The second-order valence-corrected chi connectivity index (χ2v) is 16.0. The first kappa shape index (κ1) is 27.5. The van der Waals surface area contributed by atoms with Crippen molar-refractivity contribution in [3.8, 4) is 11.5 Å². The normalized spacial score (nSPS) is 24.3. The Labute approximate surface area is 250 Å². The molecule has 5 aliphatic rings. The molecule has 7 rings (SSSR count). The van der Waals surface area contributed by atoms with Crippen LogP contribution in [0, 0.1) is 0 Å². The van der Waals surface area contributed by atoms with Gasteiger partial charge in [-0.25, -0.2) is 0 Å². The quantitative estimate of drug-likeness (QED) is 0.296. The molecule has 0 unspecified atom stereocenters. The Hall–Kier alpha value is -3.28. The molecular weight excluding hydrogens is 524 g/mol. The molecule has 2 aromatic rings. The smallest absolute Gasteiger partial charge is 0.139 e. The highest BCUT2D eigenvalue weighted by Gasteiger charge is 2.47. The molecule has 4 N–H and O–H groups in total. The fraction of sp³-hybridized carbons (Fsp3) is 0.556. The van der Waals surface area contributed by atoms with Crippen molar-refractivity contribution in [1.82, 2.24) is 0 Å². The zero-order chi connectivity index (χ0) is 30.3. The van der Waals surface area contributed by atoms with Gasteiger partial charge in [-0.2, -0.15) is 0 Å². The molecule has 0 saturated heterocycles. The molecule has 0 atom stereocenters. The van der Waals surface area contributed by atoms with Crippen LogP contribution < -0.4 is 9.80 Å². The van der Waals surface area contributed by atoms with Gasteiger partial charge in [0.2, 0.25) is 0 Å². The number of nitrogens with zero attached hydrogens (tertiary/aromatic N) is 2. The topological polar surface area (TPSA) is 87.4 Å². The van der Waals surface area contributed by atoms with Gasteiger partial charge in [0.25, 0.3) is 0 Å². The zero-order valence-corrected chi connectivity index (χ0v) is 26.5. The largest absolute Gasteiger partial charge is 0.507 e. The van der Waals surface area contributed by atoms with Gasteiger partial charge in [0, 0.05) is 59.8 Å². The van der Waals surface area contributed by atoms with Gasteiger partial charge in [0.1, 0.15) is 23.0 Å². The fourth-order valence-electron chi connectivity index (χ4n) is 8.45. The second kappa shape index (κ2) is 8.21. The summed E-state index contributed by atoms with van der Waals surface area (Å²) in [5.41, 5.74) is 7.09. The third-order valence-electron chi connectivity index (χ3n) is 11.5. The molecule has 0 saturated carbocycles. The van der Waals surface area contributed by atoms with Gasteiger partial charge in [0.05, 0.1) is 11.1 Å². The van der Waals surface area contributed by atoms with E-state index in [0.29, 0.717) is 11.1 Å². The van der Waals surface area contributed by atoms with Gasteiger partial charge in [-0.3, -0.25) is 0 Å². The zero-order valence-electron chi connectivity index (χ0n) is 26.5. The SMILES string of the molecule is CC1(C)CCN2CCC(C)(C)c3c(O)c(C4=C(O)C(c5cc6c7c(c5O)C(C)(C)CCN7CCC6(C)C)=C4O)cc1c32.